The molecule has 2 saturated heterocycles. The van der Waals surface area contributed by atoms with Crippen molar-refractivity contribution >= 4 is 34.3 Å². The number of H-pyrrole nitrogens is 1. The maximum atomic E-state index is 13.0. The first kappa shape index (κ1) is 24.1. The fourth-order valence-corrected chi connectivity index (χ4v) is 5.42. The Hall–Kier alpha value is -2.05. The van der Waals surface area contributed by atoms with Crippen LogP contribution in [0.25, 0.3) is 10.9 Å². The lowest BCUT2D eigenvalue weighted by atomic mass is 9.84. The number of fused-ring (bicyclic) bond motifs is 1. The molecule has 1 atom stereocenters. The summed E-state index contributed by atoms with van der Waals surface area (Å²) in [5.74, 6) is 0.478. The number of nitrogens with zero attached hydrogens (tertiary/aromatic N) is 2. The molecular formula is C26H37ClN4O2. The highest BCUT2D eigenvalue weighted by atomic mass is 35.5. The Labute approximate surface area is 202 Å². The van der Waals surface area contributed by atoms with E-state index in [1.807, 2.05) is 36.1 Å². The average Bonchev–Trinajstić information content (AvgIpc) is 3.07. The molecule has 180 valence electrons. The first-order valence-electron chi connectivity index (χ1n) is 12.6. The van der Waals surface area contributed by atoms with Crippen LogP contribution in [0, 0.1) is 11.8 Å². The number of piperidine rings is 1. The van der Waals surface area contributed by atoms with Gasteiger partial charge >= 0.3 is 0 Å². The number of hydrogen-bond acceptors (Lipinski definition) is 3. The zero-order valence-corrected chi connectivity index (χ0v) is 20.5. The van der Waals surface area contributed by atoms with Crippen molar-refractivity contribution in [2.24, 2.45) is 11.8 Å². The van der Waals surface area contributed by atoms with Crippen molar-refractivity contribution in [3.63, 3.8) is 0 Å². The summed E-state index contributed by atoms with van der Waals surface area (Å²) in [6.45, 7) is 7.64. The molecule has 0 saturated carbocycles. The van der Waals surface area contributed by atoms with Crippen molar-refractivity contribution < 1.29 is 9.59 Å². The molecule has 3 heterocycles. The van der Waals surface area contributed by atoms with Gasteiger partial charge in [-0.05, 0) is 81.9 Å². The molecule has 2 aromatic rings. The average molecular weight is 473 g/mol. The number of nitrogens with one attached hydrogen (secondary N) is 2. The van der Waals surface area contributed by atoms with Crippen molar-refractivity contribution in [1.82, 2.24) is 20.1 Å². The van der Waals surface area contributed by atoms with Crippen molar-refractivity contribution in [3.8, 4) is 0 Å². The molecule has 2 aliphatic rings. The van der Waals surface area contributed by atoms with E-state index in [9.17, 15) is 9.59 Å². The van der Waals surface area contributed by atoms with Crippen LogP contribution in [0.5, 0.6) is 0 Å². The van der Waals surface area contributed by atoms with Gasteiger partial charge in [0.15, 0.2) is 0 Å². The Balaban J connectivity index is 1.19. The van der Waals surface area contributed by atoms with E-state index in [4.69, 9.17) is 11.6 Å². The number of hydrogen-bond donors (Lipinski definition) is 2. The lowest BCUT2D eigenvalue weighted by Gasteiger charge is -2.34. The number of benzene rings is 1. The number of aromatic nitrogens is 1. The highest BCUT2D eigenvalue weighted by molar-refractivity contribution is 6.31. The van der Waals surface area contributed by atoms with Crippen LogP contribution in [-0.4, -0.2) is 65.9 Å². The van der Waals surface area contributed by atoms with E-state index in [0.717, 1.165) is 43.3 Å². The molecule has 2 N–H and O–H groups in total. The molecule has 2 amide bonds. The van der Waals surface area contributed by atoms with E-state index in [1.165, 1.54) is 38.8 Å². The van der Waals surface area contributed by atoms with Gasteiger partial charge in [0.25, 0.3) is 5.91 Å². The predicted octanol–water partition coefficient (Wildman–Crippen LogP) is 4.69. The first-order chi connectivity index (χ1) is 16.0. The predicted molar refractivity (Wildman–Crippen MR) is 134 cm³/mol. The van der Waals surface area contributed by atoms with Gasteiger partial charge in [-0.2, -0.15) is 0 Å². The molecule has 0 unspecified atom stereocenters. The molecule has 0 spiro atoms. The van der Waals surface area contributed by atoms with Gasteiger partial charge in [0.1, 0.15) is 5.69 Å². The number of likely N-dealkylation sites (tertiary alicyclic amines) is 2. The van der Waals surface area contributed by atoms with Gasteiger partial charge in [-0.3, -0.25) is 9.59 Å². The number of rotatable bonds is 7. The summed E-state index contributed by atoms with van der Waals surface area (Å²) in [4.78, 5) is 33.3. The summed E-state index contributed by atoms with van der Waals surface area (Å²) in [6, 6.07) is 7.46. The minimum absolute atomic E-state index is 0.0179. The normalized spacial score (nSPS) is 19.4. The monoisotopic (exact) mass is 472 g/mol. The summed E-state index contributed by atoms with van der Waals surface area (Å²) < 4.78 is 0. The van der Waals surface area contributed by atoms with Gasteiger partial charge in [-0.1, -0.05) is 31.4 Å². The summed E-state index contributed by atoms with van der Waals surface area (Å²) in [5, 5.41) is 4.76. The van der Waals surface area contributed by atoms with Crippen LogP contribution < -0.4 is 5.32 Å². The first-order valence-corrected chi connectivity index (χ1v) is 13.0. The molecule has 7 heteroatoms. The number of aromatic amines is 1. The Bertz CT molecular complexity index is 943. The molecule has 2 fully saturated rings. The van der Waals surface area contributed by atoms with Crippen molar-refractivity contribution in [2.75, 3.05) is 39.3 Å². The lowest BCUT2D eigenvalue weighted by molar-refractivity contribution is -0.126. The second-order valence-corrected chi connectivity index (χ2v) is 10.2. The molecule has 33 heavy (non-hydrogen) atoms. The highest BCUT2D eigenvalue weighted by Gasteiger charge is 2.30. The van der Waals surface area contributed by atoms with Gasteiger partial charge in [0, 0.05) is 41.5 Å². The Morgan fingerprint density at radius 3 is 2.55 bits per heavy atom. The van der Waals surface area contributed by atoms with Crippen molar-refractivity contribution in [1.29, 1.82) is 0 Å². The van der Waals surface area contributed by atoms with Crippen LogP contribution in [0.2, 0.25) is 5.02 Å². The molecule has 0 aliphatic carbocycles. The van der Waals surface area contributed by atoms with E-state index >= 15 is 0 Å². The van der Waals surface area contributed by atoms with Gasteiger partial charge in [-0.15, -0.1) is 0 Å². The zero-order chi connectivity index (χ0) is 23.2. The van der Waals surface area contributed by atoms with E-state index in [2.05, 4.69) is 15.2 Å². The summed E-state index contributed by atoms with van der Waals surface area (Å²) >= 11 is 6.06. The Morgan fingerprint density at radius 2 is 1.82 bits per heavy atom. The second-order valence-electron chi connectivity index (χ2n) is 9.73. The van der Waals surface area contributed by atoms with Gasteiger partial charge in [-0.25, -0.2) is 0 Å². The zero-order valence-electron chi connectivity index (χ0n) is 19.7. The van der Waals surface area contributed by atoms with Gasteiger partial charge < -0.3 is 20.1 Å². The lowest BCUT2D eigenvalue weighted by Crippen LogP contribution is -2.43. The summed E-state index contributed by atoms with van der Waals surface area (Å²) in [7, 11) is 0. The van der Waals surface area contributed by atoms with E-state index in [0.29, 0.717) is 29.7 Å². The maximum Gasteiger partial charge on any atom is 0.270 e. The van der Waals surface area contributed by atoms with Crippen LogP contribution in [0.3, 0.4) is 0 Å². The fraction of sp³-hybridized carbons (Fsp3) is 0.615. The maximum absolute atomic E-state index is 13.0. The third-order valence-electron chi connectivity index (χ3n) is 7.41. The third-order valence-corrected chi connectivity index (χ3v) is 7.64. The molecule has 2 aliphatic heterocycles. The third kappa shape index (κ3) is 6.30. The minimum atomic E-state index is -0.0179. The molecule has 0 bridgehead atoms. The van der Waals surface area contributed by atoms with Gasteiger partial charge in [0.2, 0.25) is 5.91 Å². The largest absolute Gasteiger partial charge is 0.356 e. The Morgan fingerprint density at radius 1 is 1.09 bits per heavy atom. The van der Waals surface area contributed by atoms with E-state index in [1.54, 1.807) is 0 Å². The van der Waals surface area contributed by atoms with Crippen LogP contribution in [0.1, 0.15) is 62.4 Å². The number of halogens is 1. The molecular weight excluding hydrogens is 436 g/mol. The number of carbonyl (C=O) groups excluding carboxylic acids is 2. The molecule has 0 radical (unpaired) electrons. The smallest absolute Gasteiger partial charge is 0.270 e. The van der Waals surface area contributed by atoms with E-state index < -0.39 is 0 Å². The SMILES string of the molecule is C[C@@H](C(=O)NCCCN1CCCCCC1)C1CCN(C(=O)c2cc3cc(Cl)ccc3[nH]2)CC1. The van der Waals surface area contributed by atoms with Crippen molar-refractivity contribution in [2.45, 2.75) is 51.9 Å². The molecule has 6 nitrogen and oxygen atoms in total. The number of amides is 2. The molecule has 4 rings (SSSR count). The van der Waals surface area contributed by atoms with Gasteiger partial charge in [0.05, 0.1) is 0 Å². The number of carbonyl (C=O) groups is 2. The molecule has 1 aromatic heterocycles. The van der Waals surface area contributed by atoms with Crippen molar-refractivity contribution in [3.05, 3.63) is 35.0 Å². The quantitative estimate of drug-likeness (QED) is 0.574. The second kappa shape index (κ2) is 11.4. The van der Waals surface area contributed by atoms with Crippen LogP contribution in [-0.2, 0) is 4.79 Å². The van der Waals surface area contributed by atoms with Crippen LogP contribution in [0.15, 0.2) is 24.3 Å². The molecule has 1 aromatic carbocycles. The summed E-state index contributed by atoms with van der Waals surface area (Å²) in [5.41, 5.74) is 1.51. The standard InChI is InChI=1S/C26H37ClN4O2/c1-19(25(32)28-11-6-14-30-12-4-2-3-5-13-30)20-9-15-31(16-10-20)26(33)24-18-21-17-22(27)7-8-23(21)29-24/h7-8,17-20,29H,2-6,9-16H2,1H3,(H,28,32)/t19-/m1/s1. The van der Waals surface area contributed by atoms with Crippen LogP contribution in [0.4, 0.5) is 0 Å². The topological polar surface area (TPSA) is 68.4 Å². The van der Waals surface area contributed by atoms with E-state index in [-0.39, 0.29) is 17.7 Å². The fourth-order valence-electron chi connectivity index (χ4n) is 5.24. The highest BCUT2D eigenvalue weighted by Crippen LogP contribution is 2.27. The van der Waals surface area contributed by atoms with Crippen LogP contribution >= 0.6 is 11.6 Å². The minimum Gasteiger partial charge on any atom is -0.356 e. The summed E-state index contributed by atoms with van der Waals surface area (Å²) in [6.07, 6.45) is 8.05. The Kier molecular flexibility index (Phi) is 8.31.